The van der Waals surface area contributed by atoms with Crippen LogP contribution in [0, 0.1) is 0 Å². The molecule has 1 aliphatic carbocycles. The molecule has 0 radical (unpaired) electrons. The zero-order valence-corrected chi connectivity index (χ0v) is 42.1. The molecule has 0 amide bonds. The van der Waals surface area contributed by atoms with E-state index in [-0.39, 0.29) is 16.2 Å². The Morgan fingerprint density at radius 3 is 1.04 bits per heavy atom. The van der Waals surface area contributed by atoms with Gasteiger partial charge in [0, 0.05) is 60.5 Å². The summed E-state index contributed by atoms with van der Waals surface area (Å²) in [5.74, 6) is 0. The Bertz CT molecular complexity index is 4020. The van der Waals surface area contributed by atoms with Crippen molar-refractivity contribution >= 4 is 77.7 Å². The second-order valence-electron chi connectivity index (χ2n) is 22.2. The molecule has 4 heterocycles. The highest BCUT2D eigenvalue weighted by Gasteiger charge is 2.45. The monoisotopic (exact) mass is 938 g/mol. The van der Waals surface area contributed by atoms with Crippen molar-refractivity contribution < 1.29 is 0 Å². The molecule has 0 atom stereocenters. The SMILES string of the molecule is CC1(C)c2cc3c(cc2-c2cc4c(cc21)N(c1ccc2c(c1)c1ccccc1n2-c1ccccc1)c1ccccc1C4(C)C)C(C)(C)c1ccccc1N3c1ccc2c(c1)c1ccccc1n2-c1ccccc1. The fraction of sp³-hybridized carbons (Fsp3) is 0.130. The highest BCUT2D eigenvalue weighted by molar-refractivity contribution is 6.12. The minimum atomic E-state index is -0.297. The maximum absolute atomic E-state index is 2.57. The first-order valence-corrected chi connectivity index (χ1v) is 25.8. The average Bonchev–Trinajstić information content (AvgIpc) is 4.01. The molecular formula is C69H54N4. The predicted octanol–water partition coefficient (Wildman–Crippen LogP) is 18.4. The molecule has 0 spiro atoms. The van der Waals surface area contributed by atoms with Gasteiger partial charge in [-0.25, -0.2) is 0 Å². The van der Waals surface area contributed by atoms with Gasteiger partial charge in [0.05, 0.1) is 44.8 Å². The molecule has 0 bridgehead atoms. The molecule has 0 saturated carbocycles. The van der Waals surface area contributed by atoms with Crippen molar-refractivity contribution in [3.63, 3.8) is 0 Å². The highest BCUT2D eigenvalue weighted by Crippen LogP contribution is 2.61. The first-order valence-electron chi connectivity index (χ1n) is 25.8. The Hall–Kier alpha value is -8.60. The number of hydrogen-bond donors (Lipinski definition) is 0. The van der Waals surface area contributed by atoms with Crippen molar-refractivity contribution in [2.75, 3.05) is 9.80 Å². The lowest BCUT2D eigenvalue weighted by molar-refractivity contribution is 0.624. The third-order valence-electron chi connectivity index (χ3n) is 17.2. The lowest BCUT2D eigenvalue weighted by Gasteiger charge is -2.43. The van der Waals surface area contributed by atoms with Crippen LogP contribution in [0.5, 0.6) is 0 Å². The number of hydrogen-bond acceptors (Lipinski definition) is 2. The first kappa shape index (κ1) is 42.1. The maximum Gasteiger partial charge on any atom is 0.0542 e. The van der Waals surface area contributed by atoms with Gasteiger partial charge in [0.15, 0.2) is 0 Å². The predicted molar refractivity (Wildman–Crippen MR) is 306 cm³/mol. The smallest absolute Gasteiger partial charge is 0.0542 e. The van der Waals surface area contributed by atoms with Gasteiger partial charge in [0.1, 0.15) is 0 Å². The van der Waals surface area contributed by atoms with E-state index in [2.05, 4.69) is 279 Å². The van der Waals surface area contributed by atoms with Crippen LogP contribution in [0.1, 0.15) is 74.9 Å². The topological polar surface area (TPSA) is 16.3 Å². The normalized spacial score (nSPS) is 15.5. The van der Waals surface area contributed by atoms with Gasteiger partial charge < -0.3 is 18.9 Å². The fourth-order valence-electron chi connectivity index (χ4n) is 13.6. The zero-order valence-electron chi connectivity index (χ0n) is 42.1. The van der Waals surface area contributed by atoms with Crippen molar-refractivity contribution in [3.8, 4) is 22.5 Å². The maximum atomic E-state index is 2.57. The Morgan fingerprint density at radius 2 is 0.603 bits per heavy atom. The van der Waals surface area contributed by atoms with Gasteiger partial charge in [0.25, 0.3) is 0 Å². The summed E-state index contributed by atoms with van der Waals surface area (Å²) in [4.78, 5) is 5.11. The van der Waals surface area contributed by atoms with E-state index in [4.69, 9.17) is 0 Å². The van der Waals surface area contributed by atoms with E-state index in [9.17, 15) is 0 Å². The van der Waals surface area contributed by atoms with Crippen LogP contribution in [0.2, 0.25) is 0 Å². The van der Waals surface area contributed by atoms with Crippen molar-refractivity contribution in [3.05, 3.63) is 252 Å². The number of para-hydroxylation sites is 6. The Labute approximate surface area is 426 Å². The van der Waals surface area contributed by atoms with Gasteiger partial charge in [-0.1, -0.05) is 151 Å². The van der Waals surface area contributed by atoms with Crippen LogP contribution in [-0.2, 0) is 16.2 Å². The molecule has 0 N–H and O–H groups in total. The van der Waals surface area contributed by atoms with E-state index in [1.165, 1.54) is 122 Å². The largest absolute Gasteiger partial charge is 0.310 e. The molecule has 350 valence electrons. The standard InChI is InChI=1S/C69H54N4/c1-67(2)53-27-15-19-31-63(53)72(45-33-35-61-51(37-45)47-25-13-17-29-59(47)70(61)43-21-9-7-10-22-43)65-41-55-49(39-57(65)67)50-40-58-66(42-56(50)69(55,5)6)73(64-32-20-16-28-54(64)68(58,3)4)46-34-36-62-52(38-46)48-26-14-18-30-60(48)71(62)44-23-11-8-12-24-44/h7-42H,1-6H3. The minimum absolute atomic E-state index is 0.261. The number of fused-ring (bicyclic) bond motifs is 13. The molecular weight excluding hydrogens is 885 g/mol. The van der Waals surface area contributed by atoms with Crippen LogP contribution in [-0.4, -0.2) is 9.13 Å². The summed E-state index contributed by atoms with van der Waals surface area (Å²) in [7, 11) is 0. The van der Waals surface area contributed by atoms with E-state index in [1.54, 1.807) is 0 Å². The number of rotatable bonds is 4. The molecule has 10 aromatic carbocycles. The van der Waals surface area contributed by atoms with Gasteiger partial charge in [-0.3, -0.25) is 0 Å². The van der Waals surface area contributed by atoms with E-state index in [1.807, 2.05) is 0 Å². The first-order chi connectivity index (χ1) is 35.5. The highest BCUT2D eigenvalue weighted by atomic mass is 15.2. The molecule has 4 heteroatoms. The van der Waals surface area contributed by atoms with Gasteiger partial charge in [-0.15, -0.1) is 0 Å². The van der Waals surface area contributed by atoms with Gasteiger partial charge in [0.2, 0.25) is 0 Å². The van der Waals surface area contributed by atoms with E-state index >= 15 is 0 Å². The van der Waals surface area contributed by atoms with Crippen molar-refractivity contribution in [1.29, 1.82) is 0 Å². The third kappa shape index (κ3) is 5.67. The van der Waals surface area contributed by atoms with Gasteiger partial charge in [-0.2, -0.15) is 0 Å². The Balaban J connectivity index is 0.928. The summed E-state index contributed by atoms with van der Waals surface area (Å²) in [6, 6.07) is 81.9. The van der Waals surface area contributed by atoms with Gasteiger partial charge >= 0.3 is 0 Å². The Morgan fingerprint density at radius 1 is 0.247 bits per heavy atom. The molecule has 3 aliphatic rings. The van der Waals surface area contributed by atoms with Crippen LogP contribution >= 0.6 is 0 Å². The van der Waals surface area contributed by atoms with Crippen molar-refractivity contribution in [1.82, 2.24) is 9.13 Å². The molecule has 0 saturated heterocycles. The summed E-state index contributed by atoms with van der Waals surface area (Å²) < 4.78 is 4.82. The summed E-state index contributed by atoms with van der Waals surface area (Å²) in [5, 5.41) is 4.99. The Kier molecular flexibility index (Phi) is 8.51. The second kappa shape index (κ2) is 14.7. The summed E-state index contributed by atoms with van der Waals surface area (Å²) in [5.41, 5.74) is 24.4. The van der Waals surface area contributed by atoms with Crippen LogP contribution in [0.3, 0.4) is 0 Å². The van der Waals surface area contributed by atoms with Crippen LogP contribution in [0.4, 0.5) is 34.1 Å². The van der Waals surface area contributed by atoms with E-state index < -0.39 is 0 Å². The van der Waals surface area contributed by atoms with E-state index in [0.717, 1.165) is 11.4 Å². The fourth-order valence-corrected chi connectivity index (χ4v) is 13.6. The lowest BCUT2D eigenvalue weighted by atomic mass is 9.71. The third-order valence-corrected chi connectivity index (χ3v) is 17.2. The number of anilines is 6. The van der Waals surface area contributed by atoms with E-state index in [0.29, 0.717) is 0 Å². The lowest BCUT2D eigenvalue weighted by Crippen LogP contribution is -2.31. The molecule has 15 rings (SSSR count). The van der Waals surface area contributed by atoms with Crippen molar-refractivity contribution in [2.45, 2.75) is 57.8 Å². The molecule has 0 fully saturated rings. The second-order valence-corrected chi connectivity index (χ2v) is 22.2. The van der Waals surface area contributed by atoms with Crippen LogP contribution in [0.15, 0.2) is 218 Å². The minimum Gasteiger partial charge on any atom is -0.310 e. The molecule has 0 unspecified atom stereocenters. The quantitative estimate of drug-likeness (QED) is 0.175. The molecule has 73 heavy (non-hydrogen) atoms. The van der Waals surface area contributed by atoms with Crippen LogP contribution in [0.25, 0.3) is 66.1 Å². The zero-order chi connectivity index (χ0) is 49.1. The van der Waals surface area contributed by atoms with Gasteiger partial charge in [-0.05, 0) is 154 Å². The molecule has 12 aromatic rings. The summed E-state index contributed by atoms with van der Waals surface area (Å²) >= 11 is 0. The summed E-state index contributed by atoms with van der Waals surface area (Å²) in [6.45, 7) is 14.6. The number of nitrogens with zero attached hydrogens (tertiary/aromatic N) is 4. The molecule has 2 aromatic heterocycles. The van der Waals surface area contributed by atoms with Crippen molar-refractivity contribution in [2.24, 2.45) is 0 Å². The molecule has 4 nitrogen and oxygen atoms in total. The summed E-state index contributed by atoms with van der Waals surface area (Å²) in [6.07, 6.45) is 0. The average molecular weight is 939 g/mol. The molecule has 2 aliphatic heterocycles. The number of benzene rings is 10. The van der Waals surface area contributed by atoms with Crippen LogP contribution < -0.4 is 9.80 Å². The number of aromatic nitrogens is 2.